The zero-order chi connectivity index (χ0) is 15.2. The number of halogens is 1. The molecule has 21 heavy (non-hydrogen) atoms. The van der Waals surface area contributed by atoms with Crippen molar-refractivity contribution < 1.29 is 14.6 Å². The number of carbonyl (C=O) groups is 1. The van der Waals surface area contributed by atoms with Gasteiger partial charge >= 0.3 is 5.97 Å². The van der Waals surface area contributed by atoms with Crippen molar-refractivity contribution in [1.29, 1.82) is 0 Å². The lowest BCUT2D eigenvalue weighted by Crippen LogP contribution is -2.01. The predicted molar refractivity (Wildman–Crippen MR) is 83.5 cm³/mol. The highest BCUT2D eigenvalue weighted by Crippen LogP contribution is 2.30. The summed E-state index contributed by atoms with van der Waals surface area (Å²) in [5.74, 6) is -0.258. The minimum Gasteiger partial charge on any atom is -0.478 e. The van der Waals surface area contributed by atoms with Crippen molar-refractivity contribution in [1.82, 2.24) is 0 Å². The molecule has 0 aliphatic heterocycles. The lowest BCUT2D eigenvalue weighted by Gasteiger charge is -2.10. The van der Waals surface area contributed by atoms with Gasteiger partial charge in [0, 0.05) is 0 Å². The summed E-state index contributed by atoms with van der Waals surface area (Å²) in [4.78, 5) is 11.2. The molecule has 0 fully saturated rings. The van der Waals surface area contributed by atoms with Gasteiger partial charge in [-0.15, -0.1) is 0 Å². The third-order valence-corrected chi connectivity index (χ3v) is 3.47. The first-order valence-corrected chi connectivity index (χ1v) is 7.28. The third-order valence-electron chi connectivity index (χ3n) is 3.16. The Kier molecular flexibility index (Phi) is 5.23. The number of unbranched alkanes of at least 4 members (excludes halogenated alkanes) is 1. The summed E-state index contributed by atoms with van der Waals surface area (Å²) in [5, 5.41) is 9.37. The van der Waals surface area contributed by atoms with Crippen LogP contribution in [0.1, 0.15) is 35.7 Å². The highest BCUT2D eigenvalue weighted by Gasteiger charge is 2.16. The first-order valence-electron chi connectivity index (χ1n) is 6.90. The molecule has 1 N–H and O–H groups in total. The van der Waals surface area contributed by atoms with E-state index in [-0.39, 0.29) is 16.3 Å². The van der Waals surface area contributed by atoms with E-state index in [0.29, 0.717) is 5.75 Å². The minimum atomic E-state index is -1.10. The Morgan fingerprint density at radius 1 is 1.19 bits per heavy atom. The molecule has 2 aromatic rings. The Morgan fingerprint density at radius 3 is 2.52 bits per heavy atom. The molecule has 0 heterocycles. The van der Waals surface area contributed by atoms with Gasteiger partial charge in [0.2, 0.25) is 0 Å². The summed E-state index contributed by atoms with van der Waals surface area (Å²) >= 11 is 5.91. The van der Waals surface area contributed by atoms with E-state index >= 15 is 0 Å². The van der Waals surface area contributed by atoms with Crippen LogP contribution in [-0.4, -0.2) is 11.1 Å². The predicted octanol–water partition coefficient (Wildman–Crippen LogP) is 5.17. The molecule has 110 valence electrons. The number of carboxylic acid groups (broad SMARTS) is 1. The van der Waals surface area contributed by atoms with Crippen molar-refractivity contribution in [3.05, 3.63) is 58.6 Å². The highest BCUT2D eigenvalue weighted by atomic mass is 35.5. The minimum absolute atomic E-state index is 0.0192. The van der Waals surface area contributed by atoms with Crippen molar-refractivity contribution in [3.8, 4) is 11.5 Å². The van der Waals surface area contributed by atoms with Gasteiger partial charge in [-0.3, -0.25) is 0 Å². The fraction of sp³-hybridized carbons (Fsp3) is 0.235. The normalized spacial score (nSPS) is 10.4. The van der Waals surface area contributed by atoms with E-state index in [2.05, 4.69) is 6.92 Å². The Balaban J connectivity index is 2.19. The van der Waals surface area contributed by atoms with E-state index in [1.807, 2.05) is 24.3 Å². The number of ether oxygens (including phenoxy) is 1. The molecule has 0 aromatic heterocycles. The van der Waals surface area contributed by atoms with E-state index in [1.54, 1.807) is 12.1 Å². The second-order valence-corrected chi connectivity index (χ2v) is 5.17. The van der Waals surface area contributed by atoms with Gasteiger partial charge < -0.3 is 9.84 Å². The zero-order valence-electron chi connectivity index (χ0n) is 11.8. The average molecular weight is 305 g/mol. The van der Waals surface area contributed by atoms with E-state index < -0.39 is 5.97 Å². The third kappa shape index (κ3) is 3.99. The molecule has 3 nitrogen and oxygen atoms in total. The van der Waals surface area contributed by atoms with Crippen molar-refractivity contribution in [2.75, 3.05) is 0 Å². The zero-order valence-corrected chi connectivity index (χ0v) is 12.6. The maximum Gasteiger partial charge on any atom is 0.341 e. The van der Waals surface area contributed by atoms with Crippen molar-refractivity contribution >= 4 is 17.6 Å². The van der Waals surface area contributed by atoms with Crippen molar-refractivity contribution in [2.45, 2.75) is 26.2 Å². The van der Waals surface area contributed by atoms with E-state index in [4.69, 9.17) is 16.3 Å². The molecule has 2 rings (SSSR count). The van der Waals surface area contributed by atoms with Crippen LogP contribution in [-0.2, 0) is 6.42 Å². The van der Waals surface area contributed by atoms with Crippen molar-refractivity contribution in [3.63, 3.8) is 0 Å². The maximum atomic E-state index is 11.2. The van der Waals surface area contributed by atoms with Crippen LogP contribution < -0.4 is 4.74 Å². The molecule has 0 aliphatic carbocycles. The number of hydrogen-bond donors (Lipinski definition) is 1. The Hall–Kier alpha value is -2.00. The van der Waals surface area contributed by atoms with Crippen LogP contribution in [0.5, 0.6) is 11.5 Å². The molecule has 0 spiro atoms. The van der Waals surface area contributed by atoms with Crippen LogP contribution in [0, 0.1) is 0 Å². The van der Waals surface area contributed by atoms with Gasteiger partial charge in [0.1, 0.15) is 17.1 Å². The van der Waals surface area contributed by atoms with E-state index in [1.165, 1.54) is 11.6 Å². The summed E-state index contributed by atoms with van der Waals surface area (Å²) < 4.78 is 5.65. The molecule has 0 bridgehead atoms. The highest BCUT2D eigenvalue weighted by molar-refractivity contribution is 6.33. The Labute approximate surface area is 129 Å². The van der Waals surface area contributed by atoms with Gasteiger partial charge in [-0.1, -0.05) is 43.1 Å². The lowest BCUT2D eigenvalue weighted by molar-refractivity contribution is 0.0694. The number of aryl methyl sites for hydroxylation is 1. The molecule has 0 unspecified atom stereocenters. The van der Waals surface area contributed by atoms with Crippen molar-refractivity contribution in [2.24, 2.45) is 0 Å². The molecule has 0 atom stereocenters. The summed E-state index contributed by atoms with van der Waals surface area (Å²) in [6, 6.07) is 12.5. The molecule has 0 radical (unpaired) electrons. The molecule has 0 aliphatic rings. The number of aromatic carboxylic acids is 1. The molecular weight excluding hydrogens is 288 g/mol. The maximum absolute atomic E-state index is 11.2. The van der Waals surface area contributed by atoms with Gasteiger partial charge in [0.15, 0.2) is 0 Å². The van der Waals surface area contributed by atoms with Crippen LogP contribution in [0.15, 0.2) is 42.5 Å². The van der Waals surface area contributed by atoms with Gasteiger partial charge in [0.25, 0.3) is 0 Å². The van der Waals surface area contributed by atoms with Gasteiger partial charge in [-0.05, 0) is 42.7 Å². The molecule has 0 saturated carbocycles. The first-order chi connectivity index (χ1) is 10.1. The van der Waals surface area contributed by atoms with Gasteiger partial charge in [0.05, 0.1) is 5.02 Å². The average Bonchev–Trinajstić information content (AvgIpc) is 2.46. The molecular formula is C17H17ClO3. The lowest BCUT2D eigenvalue weighted by atomic mass is 10.1. The summed E-state index contributed by atoms with van der Waals surface area (Å²) in [6.07, 6.45) is 3.34. The summed E-state index contributed by atoms with van der Waals surface area (Å²) in [7, 11) is 0. The summed E-state index contributed by atoms with van der Waals surface area (Å²) in [5.41, 5.74) is 1.22. The van der Waals surface area contributed by atoms with Crippen LogP contribution in [0.25, 0.3) is 0 Å². The number of rotatable bonds is 6. The second kappa shape index (κ2) is 7.14. The van der Waals surface area contributed by atoms with Crippen LogP contribution >= 0.6 is 11.6 Å². The fourth-order valence-electron chi connectivity index (χ4n) is 2.03. The van der Waals surface area contributed by atoms with Crippen LogP contribution in [0.3, 0.4) is 0 Å². The summed E-state index contributed by atoms with van der Waals surface area (Å²) in [6.45, 7) is 2.16. The number of carboxylic acids is 1. The van der Waals surface area contributed by atoms with E-state index in [0.717, 1.165) is 19.3 Å². The van der Waals surface area contributed by atoms with Crippen LogP contribution in [0.2, 0.25) is 5.02 Å². The topological polar surface area (TPSA) is 46.5 Å². The first kappa shape index (κ1) is 15.4. The largest absolute Gasteiger partial charge is 0.478 e. The number of hydrogen-bond acceptors (Lipinski definition) is 2. The Bertz CT molecular complexity index is 620. The smallest absolute Gasteiger partial charge is 0.341 e. The second-order valence-electron chi connectivity index (χ2n) is 4.77. The molecule has 2 aromatic carbocycles. The standard InChI is InChI=1S/C17H17ClO3/c1-2-3-5-12-8-10-13(11-9-12)21-15-7-4-6-14(18)16(15)17(19)20/h4,6-11H,2-3,5H2,1H3,(H,19,20). The fourth-order valence-corrected chi connectivity index (χ4v) is 2.28. The molecule has 0 amide bonds. The van der Waals surface area contributed by atoms with Gasteiger partial charge in [-0.2, -0.15) is 0 Å². The molecule has 4 heteroatoms. The Morgan fingerprint density at radius 2 is 1.90 bits per heavy atom. The monoisotopic (exact) mass is 304 g/mol. The quantitative estimate of drug-likeness (QED) is 0.800. The number of benzene rings is 2. The van der Waals surface area contributed by atoms with Crippen LogP contribution in [0.4, 0.5) is 0 Å². The van der Waals surface area contributed by atoms with Gasteiger partial charge in [-0.25, -0.2) is 4.79 Å². The SMILES string of the molecule is CCCCc1ccc(Oc2cccc(Cl)c2C(=O)O)cc1. The molecule has 0 saturated heterocycles. The van der Waals surface area contributed by atoms with E-state index in [9.17, 15) is 9.90 Å².